The van der Waals surface area contributed by atoms with Crippen LogP contribution < -0.4 is 11.1 Å². The molecule has 0 spiro atoms. The average Bonchev–Trinajstić information content (AvgIpc) is 2.71. The maximum Gasteiger partial charge on any atom is 0.182 e. The Kier molecular flexibility index (Phi) is 6.74. The number of nitrogens with two attached hydrogens (primary N) is 1. The van der Waals surface area contributed by atoms with Gasteiger partial charge in [-0.25, -0.2) is 23.1 Å². The van der Waals surface area contributed by atoms with E-state index in [-0.39, 0.29) is 28.1 Å². The van der Waals surface area contributed by atoms with Crippen molar-refractivity contribution in [2.45, 2.75) is 18.6 Å². The van der Waals surface area contributed by atoms with Crippen LogP contribution in [0.1, 0.15) is 18.1 Å². The largest absolute Gasteiger partial charge is 0.378 e. The highest BCUT2D eigenvalue weighted by molar-refractivity contribution is 8.14. The Balaban J connectivity index is 1.88. The summed E-state index contributed by atoms with van der Waals surface area (Å²) in [6.07, 6.45) is 3.09. The lowest BCUT2D eigenvalue weighted by atomic mass is 10.1. The van der Waals surface area contributed by atoms with Crippen molar-refractivity contribution in [1.29, 1.82) is 5.26 Å². The fourth-order valence-electron chi connectivity index (χ4n) is 2.87. The van der Waals surface area contributed by atoms with Crippen molar-refractivity contribution >= 4 is 39.3 Å². The molecule has 0 unspecified atom stereocenters. The molecule has 30 heavy (non-hydrogen) atoms. The monoisotopic (exact) mass is 430 g/mol. The van der Waals surface area contributed by atoms with E-state index in [1.807, 2.05) is 6.07 Å². The topological polar surface area (TPSA) is 100.0 Å². The highest BCUT2D eigenvalue weighted by atomic mass is 32.2. The number of rotatable bonds is 6. The van der Waals surface area contributed by atoms with Crippen molar-refractivity contribution in [3.63, 3.8) is 0 Å². The minimum Gasteiger partial charge on any atom is -0.378 e. The molecule has 3 rings (SSSR count). The number of halogens is 3. The highest BCUT2D eigenvalue weighted by Gasteiger charge is 2.16. The van der Waals surface area contributed by atoms with Gasteiger partial charge in [0.2, 0.25) is 0 Å². The van der Waals surface area contributed by atoms with Crippen molar-refractivity contribution in [3.8, 4) is 6.07 Å². The van der Waals surface area contributed by atoms with Gasteiger partial charge < -0.3 is 11.1 Å². The quantitative estimate of drug-likeness (QED) is 0.341. The van der Waals surface area contributed by atoms with Gasteiger partial charge in [0.1, 0.15) is 11.6 Å². The van der Waals surface area contributed by atoms with E-state index >= 15 is 0 Å². The molecule has 0 fully saturated rings. The van der Waals surface area contributed by atoms with Crippen LogP contribution >= 0.6 is 11.8 Å². The Bertz CT molecular complexity index is 1150. The lowest BCUT2D eigenvalue weighted by Crippen LogP contribution is -2.14. The summed E-state index contributed by atoms with van der Waals surface area (Å²) in [5.41, 5.74) is 6.88. The predicted molar refractivity (Wildman–Crippen MR) is 112 cm³/mol. The van der Waals surface area contributed by atoms with Gasteiger partial charge in [0.25, 0.3) is 0 Å². The fourth-order valence-corrected chi connectivity index (χ4v) is 3.67. The number of alkyl halides is 1. The predicted octanol–water partition coefficient (Wildman–Crippen LogP) is 4.43. The van der Waals surface area contributed by atoms with Crippen LogP contribution in [0.3, 0.4) is 0 Å². The summed E-state index contributed by atoms with van der Waals surface area (Å²) in [5.74, 6) is -1.63. The summed E-state index contributed by atoms with van der Waals surface area (Å²) in [6.45, 7) is 0.821. The van der Waals surface area contributed by atoms with E-state index in [1.54, 1.807) is 19.1 Å². The number of anilines is 2. The number of thioether (sulfide) groups is 1. The van der Waals surface area contributed by atoms with Gasteiger partial charge in [0.05, 0.1) is 5.56 Å². The summed E-state index contributed by atoms with van der Waals surface area (Å²) in [5, 5.41) is 12.4. The Morgan fingerprint density at radius 1 is 1.33 bits per heavy atom. The molecule has 0 aliphatic heterocycles. The maximum atomic E-state index is 14.3. The minimum absolute atomic E-state index is 0.0444. The molecular weight excluding hydrogens is 413 g/mol. The van der Waals surface area contributed by atoms with Gasteiger partial charge in [0.15, 0.2) is 29.4 Å². The summed E-state index contributed by atoms with van der Waals surface area (Å²) in [4.78, 5) is 11.9. The second kappa shape index (κ2) is 9.45. The molecule has 2 aromatic heterocycles. The number of hydrogen-bond donors (Lipinski definition) is 2. The van der Waals surface area contributed by atoms with E-state index in [1.165, 1.54) is 18.5 Å². The van der Waals surface area contributed by atoms with E-state index in [2.05, 4.69) is 20.3 Å². The molecule has 0 radical (unpaired) electrons. The van der Waals surface area contributed by atoms with E-state index in [9.17, 15) is 13.2 Å². The Labute approximate surface area is 175 Å². The summed E-state index contributed by atoms with van der Waals surface area (Å²) in [7, 11) is 0. The molecule has 2 heterocycles. The van der Waals surface area contributed by atoms with Crippen LogP contribution in [-0.4, -0.2) is 27.2 Å². The molecule has 1 aromatic carbocycles. The molecule has 0 aliphatic carbocycles. The van der Waals surface area contributed by atoms with E-state index in [0.29, 0.717) is 22.3 Å². The third-order valence-electron chi connectivity index (χ3n) is 4.14. The molecular formula is C20H17F3N6S. The zero-order valence-corrected chi connectivity index (χ0v) is 16.7. The molecule has 0 saturated carbocycles. The van der Waals surface area contributed by atoms with Crippen molar-refractivity contribution in [2.24, 2.45) is 10.7 Å². The third kappa shape index (κ3) is 4.99. The van der Waals surface area contributed by atoms with Gasteiger partial charge >= 0.3 is 0 Å². The van der Waals surface area contributed by atoms with E-state index in [4.69, 9.17) is 11.0 Å². The van der Waals surface area contributed by atoms with Crippen molar-refractivity contribution < 1.29 is 13.2 Å². The second-order valence-corrected chi connectivity index (χ2v) is 7.83. The first-order valence-electron chi connectivity index (χ1n) is 8.83. The van der Waals surface area contributed by atoms with Crippen LogP contribution in [-0.2, 0) is 6.42 Å². The number of nitrogens with zero attached hydrogens (tertiary/aromatic N) is 4. The average molecular weight is 430 g/mol. The van der Waals surface area contributed by atoms with Crippen molar-refractivity contribution in [1.82, 2.24) is 9.97 Å². The second-order valence-electron chi connectivity index (χ2n) is 6.37. The van der Waals surface area contributed by atoms with Gasteiger partial charge in [0, 0.05) is 34.8 Å². The lowest BCUT2D eigenvalue weighted by molar-refractivity contribution is 0.499. The van der Waals surface area contributed by atoms with Gasteiger partial charge in [-0.3, -0.25) is 4.98 Å². The number of nitriles is 1. The van der Waals surface area contributed by atoms with Crippen molar-refractivity contribution in [2.75, 3.05) is 12.1 Å². The Morgan fingerprint density at radius 2 is 2.13 bits per heavy atom. The number of aliphatic imine (C=N–C) groups is 1. The minimum atomic E-state index is -1.02. The molecule has 0 saturated heterocycles. The van der Waals surface area contributed by atoms with Crippen molar-refractivity contribution in [3.05, 3.63) is 59.4 Å². The summed E-state index contributed by atoms with van der Waals surface area (Å²) in [6, 6.07) is 7.88. The summed E-state index contributed by atoms with van der Waals surface area (Å²) >= 11 is 1.08. The van der Waals surface area contributed by atoms with Crippen LogP contribution in [0.15, 0.2) is 41.7 Å². The van der Waals surface area contributed by atoms with Gasteiger partial charge in [-0.15, -0.1) is 0 Å². The molecule has 0 amide bonds. The van der Waals surface area contributed by atoms with Crippen LogP contribution in [0.2, 0.25) is 0 Å². The van der Waals surface area contributed by atoms with Crippen LogP contribution in [0, 0.1) is 23.0 Å². The number of pyridine rings is 2. The molecule has 154 valence electrons. The first-order valence-corrected chi connectivity index (χ1v) is 9.71. The summed E-state index contributed by atoms with van der Waals surface area (Å²) < 4.78 is 40.7. The molecule has 3 N–H and O–H groups in total. The zero-order chi connectivity index (χ0) is 21.7. The Hall–Kier alpha value is -3.32. The standard InChI is InChI=1S/C20H17F3N6S/c1-11(30-20(25)28-10-21)4-14-6-15(7-16(22)17(14)23)29-19-18-13(2-3-26-19)5-12(8-24)9-27-18/h2-3,5-7,9,11H,4,10H2,1H3,(H2,25,28)(H,26,29)/t11-/m1/s1. The van der Waals surface area contributed by atoms with E-state index in [0.717, 1.165) is 17.8 Å². The van der Waals surface area contributed by atoms with Gasteiger partial charge in [-0.2, -0.15) is 5.26 Å². The number of hydrogen-bond acceptors (Lipinski definition) is 6. The molecule has 1 atom stereocenters. The number of fused-ring (bicyclic) bond motifs is 1. The first-order chi connectivity index (χ1) is 14.4. The highest BCUT2D eigenvalue weighted by Crippen LogP contribution is 2.27. The van der Waals surface area contributed by atoms with Gasteiger partial charge in [-0.05, 0) is 30.2 Å². The third-order valence-corrected chi connectivity index (χ3v) is 5.08. The fraction of sp³-hybridized carbons (Fsp3) is 0.200. The first kappa shape index (κ1) is 21.4. The van der Waals surface area contributed by atoms with Crippen LogP contribution in [0.4, 0.5) is 24.7 Å². The van der Waals surface area contributed by atoms with Crippen LogP contribution in [0.25, 0.3) is 10.9 Å². The number of nitrogens with one attached hydrogen (secondary N) is 1. The van der Waals surface area contributed by atoms with E-state index < -0.39 is 18.4 Å². The molecule has 3 aromatic rings. The SMILES string of the molecule is C[C@H](Cc1cc(Nc2nccc3cc(C#N)cnc23)cc(F)c1F)SC(N)=NCF. The normalized spacial score (nSPS) is 12.6. The molecule has 0 aliphatic rings. The Morgan fingerprint density at radius 3 is 2.87 bits per heavy atom. The zero-order valence-electron chi connectivity index (χ0n) is 15.9. The lowest BCUT2D eigenvalue weighted by Gasteiger charge is -2.14. The van der Waals surface area contributed by atoms with Crippen LogP contribution in [0.5, 0.6) is 0 Å². The maximum absolute atomic E-state index is 14.3. The number of aromatic nitrogens is 2. The van der Waals surface area contributed by atoms with Gasteiger partial charge in [-0.1, -0.05) is 18.7 Å². The number of benzene rings is 1. The molecule has 0 bridgehead atoms. The smallest absolute Gasteiger partial charge is 0.182 e. The number of amidine groups is 1. The molecule has 6 nitrogen and oxygen atoms in total. The molecule has 10 heteroatoms.